The number of halogens is 1. The third kappa shape index (κ3) is 4.98. The molecule has 0 aromatic heterocycles. The zero-order valence-corrected chi connectivity index (χ0v) is 12.1. The zero-order chi connectivity index (χ0) is 12.0. The van der Waals surface area contributed by atoms with Crippen molar-refractivity contribution in [2.24, 2.45) is 0 Å². The van der Waals surface area contributed by atoms with E-state index < -0.39 is 16.6 Å². The quantitative estimate of drug-likeness (QED) is 0.134. The number of carbonyl (C=O) groups is 1. The van der Waals surface area contributed by atoms with E-state index in [0.29, 0.717) is 18.9 Å². The van der Waals surface area contributed by atoms with Crippen LogP contribution in [0.4, 0.5) is 0 Å². The average Bonchev–Trinajstić information content (AvgIpc) is 2.27. The summed E-state index contributed by atoms with van der Waals surface area (Å²) in [6.07, 6.45) is 0.741. The van der Waals surface area contributed by atoms with E-state index in [9.17, 15) is 14.9 Å². The van der Waals surface area contributed by atoms with Crippen molar-refractivity contribution < 1.29 is 43.2 Å². The molecule has 1 N–H and O–H groups in total. The zero-order valence-electron chi connectivity index (χ0n) is 8.90. The lowest BCUT2D eigenvalue weighted by Crippen LogP contribution is -3.00. The van der Waals surface area contributed by atoms with Gasteiger partial charge in [0.2, 0.25) is 0 Å². The van der Waals surface area contributed by atoms with E-state index in [0.717, 1.165) is 6.42 Å². The smallest absolute Gasteiger partial charge is 0.415 e. The molecule has 0 amide bonds. The predicted molar refractivity (Wildman–Crippen MR) is 58.6 cm³/mol. The Labute approximate surface area is 120 Å². The number of carbonyl (C=O) groups excluding carboxylic acids is 1. The number of nitro groups is 1. The molecule has 1 fully saturated rings. The number of hydrogen-bond donors (Lipinski definition) is 1. The molecule has 0 aromatic carbocycles. The van der Waals surface area contributed by atoms with E-state index >= 15 is 0 Å². The first kappa shape index (κ1) is 16.3. The minimum absolute atomic E-state index is 0. The first-order valence-electron chi connectivity index (χ1n) is 4.74. The van der Waals surface area contributed by atoms with Crippen molar-refractivity contribution in [1.82, 2.24) is 5.32 Å². The van der Waals surface area contributed by atoms with Crippen molar-refractivity contribution in [3.63, 3.8) is 0 Å². The number of nitrogens with zero attached hydrogens (tertiary/aromatic N) is 1. The molecule has 1 rings (SSSR count). The first-order valence-corrected chi connectivity index (χ1v) is 5.44. The lowest BCUT2D eigenvalue weighted by Gasteiger charge is -2.17. The Morgan fingerprint density at radius 2 is 2.35 bits per heavy atom. The molecule has 7 nitrogen and oxygen atoms in total. The van der Waals surface area contributed by atoms with E-state index in [4.69, 9.17) is 4.74 Å². The van der Waals surface area contributed by atoms with Crippen molar-refractivity contribution in [3.05, 3.63) is 21.7 Å². The molecular formula is C8H13IN2O5S. The summed E-state index contributed by atoms with van der Waals surface area (Å²) < 4.78 is 9.68. The number of hydrogen-bond acceptors (Lipinski definition) is 6. The third-order valence-electron chi connectivity index (χ3n) is 1.78. The number of rotatable bonds is 4. The summed E-state index contributed by atoms with van der Waals surface area (Å²) in [6.45, 7) is 0.962. The Hall–Kier alpha value is -0.710. The van der Waals surface area contributed by atoms with Crippen LogP contribution in [0.25, 0.3) is 0 Å². The first-order chi connectivity index (χ1) is 7.66. The van der Waals surface area contributed by atoms with Gasteiger partial charge in [-0.25, -0.2) is 4.79 Å². The molecule has 1 heterocycles. The molecule has 0 aliphatic carbocycles. The maximum absolute atomic E-state index is 11.4. The van der Waals surface area contributed by atoms with Gasteiger partial charge in [0.15, 0.2) is 0 Å². The second-order valence-electron chi connectivity index (χ2n) is 2.95. The van der Waals surface area contributed by atoms with Gasteiger partial charge in [-0.15, -0.1) is 0 Å². The van der Waals surface area contributed by atoms with Crippen molar-refractivity contribution in [2.75, 3.05) is 25.5 Å². The molecule has 0 unspecified atom stereocenters. The lowest BCUT2D eigenvalue weighted by atomic mass is 10.3. The molecule has 1 saturated heterocycles. The summed E-state index contributed by atoms with van der Waals surface area (Å²) in [4.78, 5) is 21.3. The second kappa shape index (κ2) is 8.39. The highest BCUT2D eigenvalue weighted by molar-refractivity contribution is 7.58. The molecule has 0 radical (unpaired) electrons. The van der Waals surface area contributed by atoms with Gasteiger partial charge < -0.3 is 38.8 Å². The van der Waals surface area contributed by atoms with Crippen molar-refractivity contribution in [2.45, 2.75) is 6.42 Å². The standard InChI is InChI=1S/C8H12N2O5S.HI/c11-8(15-4-5-16)6(10(12)13)7-9-2-1-3-14-7;/h9,16H,1-5H2;1H. The molecule has 1 aliphatic heterocycles. The molecular weight excluding hydrogens is 363 g/mol. The van der Waals surface area contributed by atoms with E-state index in [1.54, 1.807) is 0 Å². The van der Waals surface area contributed by atoms with Gasteiger partial charge in [0.1, 0.15) is 12.4 Å². The van der Waals surface area contributed by atoms with Crippen molar-refractivity contribution in [1.29, 1.82) is 0 Å². The van der Waals surface area contributed by atoms with Crippen LogP contribution in [0.3, 0.4) is 0 Å². The van der Waals surface area contributed by atoms with E-state index in [-0.39, 0.29) is 36.5 Å². The summed E-state index contributed by atoms with van der Waals surface area (Å²) in [7, 11) is 0. The van der Waals surface area contributed by atoms with E-state index in [2.05, 4.69) is 22.7 Å². The fourth-order valence-corrected chi connectivity index (χ4v) is 1.22. The van der Waals surface area contributed by atoms with Crippen LogP contribution in [0, 0.1) is 10.1 Å². The van der Waals surface area contributed by atoms with E-state index in [1.807, 2.05) is 0 Å². The van der Waals surface area contributed by atoms with Gasteiger partial charge in [-0.2, -0.15) is 0 Å². The van der Waals surface area contributed by atoms with E-state index in [1.165, 1.54) is 0 Å². The van der Waals surface area contributed by atoms with Crippen LogP contribution in [0.15, 0.2) is 11.6 Å². The summed E-state index contributed by atoms with van der Waals surface area (Å²) in [5.74, 6) is -0.691. The minimum atomic E-state index is -0.993. The van der Waals surface area contributed by atoms with Crippen LogP contribution in [-0.2, 0) is 26.9 Å². The molecule has 17 heavy (non-hydrogen) atoms. The summed E-state index contributed by atoms with van der Waals surface area (Å²) in [5, 5.41) is 13.4. The second-order valence-corrected chi connectivity index (χ2v) is 3.45. The highest BCUT2D eigenvalue weighted by Gasteiger charge is 2.32. The van der Waals surface area contributed by atoms with Crippen LogP contribution >= 0.6 is 0 Å². The maximum atomic E-state index is 11.4. The Kier molecular flexibility index (Phi) is 8.04. The average molecular weight is 376 g/mol. The third-order valence-corrected chi connectivity index (χ3v) is 1.98. The minimum Gasteiger partial charge on any atom is -1.00 e. The monoisotopic (exact) mass is 376 g/mol. The summed E-state index contributed by atoms with van der Waals surface area (Å²) in [5.41, 5.74) is -0.681. The highest BCUT2D eigenvalue weighted by atomic mass is 127. The SMILES string of the molecule is O=C(OCC[SH2+])C(=C1NCCCO1)[N+](=O)[O-].[I-]. The van der Waals surface area contributed by atoms with Gasteiger partial charge in [-0.05, 0) is 19.0 Å². The predicted octanol–water partition coefficient (Wildman–Crippen LogP) is -4.00. The van der Waals surface area contributed by atoms with Crippen LogP contribution in [0.1, 0.15) is 6.42 Å². The molecule has 0 spiro atoms. The van der Waals surface area contributed by atoms with Gasteiger partial charge in [0, 0.05) is 6.54 Å². The molecule has 0 bridgehead atoms. The number of ether oxygens (including phenoxy) is 2. The molecule has 0 saturated carbocycles. The van der Waals surface area contributed by atoms with Crippen LogP contribution in [0.5, 0.6) is 0 Å². The largest absolute Gasteiger partial charge is 1.00 e. The summed E-state index contributed by atoms with van der Waals surface area (Å²) in [6, 6.07) is 0. The summed E-state index contributed by atoms with van der Waals surface area (Å²) >= 11 is 3.10. The molecule has 9 heteroatoms. The van der Waals surface area contributed by atoms with Gasteiger partial charge in [0.25, 0.3) is 5.88 Å². The van der Waals surface area contributed by atoms with Crippen LogP contribution in [0.2, 0.25) is 0 Å². The highest BCUT2D eigenvalue weighted by Crippen LogP contribution is 2.10. The van der Waals surface area contributed by atoms with Crippen molar-refractivity contribution >= 4 is 18.6 Å². The fraction of sp³-hybridized carbons (Fsp3) is 0.625. The fourth-order valence-electron chi connectivity index (χ4n) is 1.11. The number of esters is 1. The van der Waals surface area contributed by atoms with Crippen LogP contribution in [-0.4, -0.2) is 36.4 Å². The normalized spacial score (nSPS) is 17.0. The Morgan fingerprint density at radius 1 is 1.65 bits per heavy atom. The molecule has 1 aliphatic rings. The van der Waals surface area contributed by atoms with Gasteiger partial charge >= 0.3 is 11.7 Å². The lowest BCUT2D eigenvalue weighted by molar-refractivity contribution is -0.425. The van der Waals surface area contributed by atoms with Crippen LogP contribution < -0.4 is 29.3 Å². The van der Waals surface area contributed by atoms with Crippen molar-refractivity contribution in [3.8, 4) is 0 Å². The Bertz CT molecular complexity index is 315. The Morgan fingerprint density at radius 3 is 2.82 bits per heavy atom. The number of nitrogens with one attached hydrogen (secondary N) is 1. The Balaban J connectivity index is 0.00000256. The van der Waals surface area contributed by atoms with Gasteiger partial charge in [-0.1, -0.05) is 0 Å². The topological polar surface area (TPSA) is 90.7 Å². The van der Waals surface area contributed by atoms with Gasteiger partial charge in [-0.3, -0.25) is 10.1 Å². The maximum Gasteiger partial charge on any atom is 0.415 e. The molecule has 0 atom stereocenters. The van der Waals surface area contributed by atoms with Gasteiger partial charge in [0.05, 0.1) is 11.5 Å². The molecule has 0 aromatic rings. The molecule has 98 valence electrons.